The Hall–Kier alpha value is -3.79. The van der Waals surface area contributed by atoms with Crippen LogP contribution in [0, 0.1) is 0 Å². The monoisotopic (exact) mass is 426 g/mol. The van der Waals surface area contributed by atoms with Gasteiger partial charge in [-0.2, -0.15) is 4.80 Å². The third-order valence-corrected chi connectivity index (χ3v) is 4.03. The summed E-state index contributed by atoms with van der Waals surface area (Å²) in [5.41, 5.74) is 1.29. The van der Waals surface area contributed by atoms with E-state index in [1.54, 1.807) is 31.2 Å². The first-order valence-electron chi connectivity index (χ1n) is 9.62. The van der Waals surface area contributed by atoms with Crippen LogP contribution in [0.3, 0.4) is 0 Å². The van der Waals surface area contributed by atoms with Gasteiger partial charge in [-0.05, 0) is 42.0 Å². The van der Waals surface area contributed by atoms with Crippen LogP contribution in [0.4, 0.5) is 0 Å². The molecule has 0 radical (unpaired) electrons. The van der Waals surface area contributed by atoms with E-state index in [9.17, 15) is 14.7 Å². The van der Waals surface area contributed by atoms with E-state index in [2.05, 4.69) is 15.4 Å². The molecule has 0 fully saturated rings. The molecule has 0 aliphatic rings. The molecule has 10 nitrogen and oxygen atoms in total. The number of benzene rings is 2. The van der Waals surface area contributed by atoms with E-state index < -0.39 is 18.0 Å². The van der Waals surface area contributed by atoms with Gasteiger partial charge in [0.05, 0.1) is 18.7 Å². The number of carbonyl (C=O) groups is 2. The molecule has 0 bridgehead atoms. The number of esters is 2. The smallest absolute Gasteiger partial charge is 0.380 e. The van der Waals surface area contributed by atoms with Crippen molar-refractivity contribution in [3.63, 3.8) is 0 Å². The maximum absolute atomic E-state index is 12.1. The van der Waals surface area contributed by atoms with E-state index in [-0.39, 0.29) is 32.2 Å². The molecule has 0 saturated heterocycles. The molecular weight excluding hydrogens is 404 g/mol. The van der Waals surface area contributed by atoms with Crippen molar-refractivity contribution in [1.82, 2.24) is 20.2 Å². The minimum absolute atomic E-state index is 0.0176. The Morgan fingerprint density at radius 1 is 1.03 bits per heavy atom. The summed E-state index contributed by atoms with van der Waals surface area (Å²) in [6.07, 6.45) is -0.945. The normalized spacial score (nSPS) is 11.5. The zero-order valence-electron chi connectivity index (χ0n) is 16.9. The third-order valence-electron chi connectivity index (χ3n) is 4.03. The average molecular weight is 426 g/mol. The van der Waals surface area contributed by atoms with E-state index in [1.807, 2.05) is 30.3 Å². The van der Waals surface area contributed by atoms with Gasteiger partial charge in [-0.1, -0.05) is 30.3 Å². The van der Waals surface area contributed by atoms with Crippen LogP contribution < -0.4 is 4.74 Å². The lowest BCUT2D eigenvalue weighted by atomic mass is 10.2. The van der Waals surface area contributed by atoms with E-state index in [1.165, 1.54) is 0 Å². The second-order valence-electron chi connectivity index (χ2n) is 6.44. The van der Waals surface area contributed by atoms with Gasteiger partial charge in [0.2, 0.25) is 0 Å². The number of nitrogens with zero attached hydrogens (tertiary/aromatic N) is 4. The molecule has 0 aliphatic heterocycles. The number of hydrogen-bond acceptors (Lipinski definition) is 9. The van der Waals surface area contributed by atoms with E-state index >= 15 is 0 Å². The van der Waals surface area contributed by atoms with Crippen LogP contribution in [0.1, 0.15) is 33.5 Å². The summed E-state index contributed by atoms with van der Waals surface area (Å²) in [5, 5.41) is 21.2. The first-order chi connectivity index (χ1) is 15.0. The van der Waals surface area contributed by atoms with Crippen molar-refractivity contribution in [3.8, 4) is 5.75 Å². The lowest BCUT2D eigenvalue weighted by molar-refractivity contribution is 0.0470. The number of carbonyl (C=O) groups excluding carboxylic acids is 2. The molecule has 0 saturated carbocycles. The molecule has 2 aromatic carbocycles. The predicted molar refractivity (Wildman–Crippen MR) is 107 cm³/mol. The van der Waals surface area contributed by atoms with Crippen LogP contribution in [0.25, 0.3) is 0 Å². The number of hydrogen-bond donors (Lipinski definition) is 1. The topological polar surface area (TPSA) is 126 Å². The van der Waals surface area contributed by atoms with Crippen molar-refractivity contribution in [2.75, 3.05) is 13.2 Å². The fraction of sp³-hybridized carbons (Fsp3) is 0.286. The minimum atomic E-state index is -0.945. The molecule has 31 heavy (non-hydrogen) atoms. The van der Waals surface area contributed by atoms with Crippen molar-refractivity contribution in [3.05, 3.63) is 71.5 Å². The first kappa shape index (κ1) is 21.9. The van der Waals surface area contributed by atoms with Gasteiger partial charge in [0.25, 0.3) is 5.82 Å². The number of aliphatic hydroxyl groups is 1. The second-order valence-corrected chi connectivity index (χ2v) is 6.44. The lowest BCUT2D eigenvalue weighted by Gasteiger charge is -2.12. The van der Waals surface area contributed by atoms with Gasteiger partial charge in [0.15, 0.2) is 0 Å². The molecule has 0 amide bonds. The first-order valence-corrected chi connectivity index (χ1v) is 9.62. The molecular formula is C21H22N4O6. The highest BCUT2D eigenvalue weighted by atomic mass is 16.5. The fourth-order valence-electron chi connectivity index (χ4n) is 2.53. The van der Waals surface area contributed by atoms with Crippen molar-refractivity contribution < 1.29 is 28.9 Å². The summed E-state index contributed by atoms with van der Waals surface area (Å²) in [4.78, 5) is 24.7. The van der Waals surface area contributed by atoms with E-state index in [0.29, 0.717) is 11.3 Å². The Labute approximate surface area is 178 Å². The molecule has 162 valence electrons. The van der Waals surface area contributed by atoms with Gasteiger partial charge in [0, 0.05) is 0 Å². The molecule has 1 N–H and O–H groups in total. The fourth-order valence-corrected chi connectivity index (χ4v) is 2.53. The minimum Gasteiger partial charge on any atom is -0.491 e. The molecule has 0 aliphatic carbocycles. The summed E-state index contributed by atoms with van der Waals surface area (Å²) >= 11 is 0. The summed E-state index contributed by atoms with van der Waals surface area (Å²) < 4.78 is 15.6. The second kappa shape index (κ2) is 10.8. The van der Waals surface area contributed by atoms with Crippen LogP contribution in [0.2, 0.25) is 0 Å². The molecule has 1 unspecified atom stereocenters. The van der Waals surface area contributed by atoms with Crippen LogP contribution in [0.5, 0.6) is 5.75 Å². The number of ether oxygens (including phenoxy) is 3. The number of tetrazole rings is 1. The van der Waals surface area contributed by atoms with Crippen LogP contribution in [-0.2, 0) is 22.6 Å². The molecule has 3 aromatic rings. The van der Waals surface area contributed by atoms with E-state index in [4.69, 9.17) is 14.2 Å². The standard InChI is InChI=1S/C21H22N4O6/c1-2-29-21(28)19-22-24-25(23-19)12-17(26)14-30-18-10-8-16(9-11-18)20(27)31-13-15-6-4-3-5-7-15/h3-11,17,26H,2,12-14H2,1H3. The molecule has 0 spiro atoms. The maximum atomic E-state index is 12.1. The van der Waals surface area contributed by atoms with Crippen LogP contribution in [-0.4, -0.2) is 56.6 Å². The van der Waals surface area contributed by atoms with Crippen molar-refractivity contribution in [2.45, 2.75) is 26.2 Å². The number of aliphatic hydroxyl groups excluding tert-OH is 1. The largest absolute Gasteiger partial charge is 0.491 e. The Bertz CT molecular complexity index is 991. The zero-order valence-corrected chi connectivity index (χ0v) is 16.9. The Morgan fingerprint density at radius 3 is 2.48 bits per heavy atom. The van der Waals surface area contributed by atoms with E-state index in [0.717, 1.165) is 10.4 Å². The molecule has 1 aromatic heterocycles. The van der Waals surface area contributed by atoms with Gasteiger partial charge in [0.1, 0.15) is 25.1 Å². The van der Waals surface area contributed by atoms with Crippen molar-refractivity contribution in [2.24, 2.45) is 0 Å². The summed E-state index contributed by atoms with van der Waals surface area (Å²) in [6.45, 7) is 2.00. The summed E-state index contributed by atoms with van der Waals surface area (Å²) in [6, 6.07) is 15.8. The Morgan fingerprint density at radius 2 is 1.77 bits per heavy atom. The maximum Gasteiger partial charge on any atom is 0.380 e. The Balaban J connectivity index is 1.44. The SMILES string of the molecule is CCOC(=O)c1nnn(CC(O)COc2ccc(C(=O)OCc3ccccc3)cc2)n1. The average Bonchev–Trinajstić information content (AvgIpc) is 3.26. The lowest BCUT2D eigenvalue weighted by Crippen LogP contribution is -2.25. The predicted octanol–water partition coefficient (Wildman–Crippen LogP) is 1.65. The van der Waals surface area contributed by atoms with Gasteiger partial charge >= 0.3 is 11.9 Å². The molecule has 3 rings (SSSR count). The number of aromatic nitrogens is 4. The highest BCUT2D eigenvalue weighted by Gasteiger charge is 2.16. The van der Waals surface area contributed by atoms with Crippen molar-refractivity contribution >= 4 is 11.9 Å². The Kier molecular flexibility index (Phi) is 7.66. The van der Waals surface area contributed by atoms with Gasteiger partial charge in [-0.15, -0.1) is 10.2 Å². The zero-order chi connectivity index (χ0) is 22.1. The molecule has 1 atom stereocenters. The molecule has 1 heterocycles. The van der Waals surface area contributed by atoms with Crippen molar-refractivity contribution in [1.29, 1.82) is 0 Å². The number of rotatable bonds is 10. The highest BCUT2D eigenvalue weighted by molar-refractivity contribution is 5.89. The molecule has 10 heteroatoms. The van der Waals surface area contributed by atoms with Gasteiger partial charge in [-0.25, -0.2) is 9.59 Å². The highest BCUT2D eigenvalue weighted by Crippen LogP contribution is 2.14. The third kappa shape index (κ3) is 6.61. The van der Waals surface area contributed by atoms with Crippen LogP contribution in [0.15, 0.2) is 54.6 Å². The summed E-state index contributed by atoms with van der Waals surface area (Å²) in [5.74, 6) is -0.825. The summed E-state index contributed by atoms with van der Waals surface area (Å²) in [7, 11) is 0. The quantitative estimate of drug-likeness (QED) is 0.482. The van der Waals surface area contributed by atoms with Gasteiger partial charge in [-0.3, -0.25) is 0 Å². The van der Waals surface area contributed by atoms with Gasteiger partial charge < -0.3 is 19.3 Å². The van der Waals surface area contributed by atoms with Crippen LogP contribution >= 0.6 is 0 Å².